The van der Waals surface area contributed by atoms with Gasteiger partial charge in [0, 0.05) is 13.1 Å². The van der Waals surface area contributed by atoms with E-state index in [1.165, 1.54) is 0 Å². The Hall–Kier alpha value is -0.0800. The minimum Gasteiger partial charge on any atom is -0.389 e. The maximum absolute atomic E-state index is 10.4. The first kappa shape index (κ1) is 10.0. The normalized spacial score (nSPS) is 43.5. The van der Waals surface area contributed by atoms with Gasteiger partial charge in [-0.2, -0.15) is 0 Å². The number of aliphatic hydroxyl groups is 1. The summed E-state index contributed by atoms with van der Waals surface area (Å²) in [5, 5.41) is 13.8. The van der Waals surface area contributed by atoms with Gasteiger partial charge in [0.1, 0.15) is 0 Å². The molecule has 2 nitrogen and oxygen atoms in total. The van der Waals surface area contributed by atoms with Crippen LogP contribution in [-0.2, 0) is 0 Å². The highest BCUT2D eigenvalue weighted by molar-refractivity contribution is 4.96. The molecule has 1 heterocycles. The average molecular weight is 171 g/mol. The molecule has 1 fully saturated rings. The molecule has 0 aliphatic carbocycles. The van der Waals surface area contributed by atoms with E-state index < -0.39 is 5.60 Å². The first-order valence-electron chi connectivity index (χ1n) is 4.92. The SMILES string of the molecule is CC(C)[C@@]1(O)[C@H](C)CNC[C@@H]1C. The Morgan fingerprint density at radius 3 is 1.92 bits per heavy atom. The molecule has 0 aromatic carbocycles. The molecule has 0 aromatic heterocycles. The van der Waals surface area contributed by atoms with Crippen molar-refractivity contribution in [2.24, 2.45) is 17.8 Å². The Kier molecular flexibility index (Phi) is 2.79. The van der Waals surface area contributed by atoms with Gasteiger partial charge in [-0.05, 0) is 17.8 Å². The number of nitrogens with one attached hydrogen (secondary N) is 1. The summed E-state index contributed by atoms with van der Waals surface area (Å²) >= 11 is 0. The van der Waals surface area contributed by atoms with Crippen LogP contribution in [0.4, 0.5) is 0 Å². The zero-order valence-electron chi connectivity index (χ0n) is 8.59. The van der Waals surface area contributed by atoms with E-state index in [0.29, 0.717) is 17.8 Å². The molecule has 0 radical (unpaired) electrons. The molecule has 0 spiro atoms. The van der Waals surface area contributed by atoms with E-state index in [0.717, 1.165) is 13.1 Å². The van der Waals surface area contributed by atoms with Crippen molar-refractivity contribution >= 4 is 0 Å². The predicted molar refractivity (Wildman–Crippen MR) is 51.0 cm³/mol. The third-order valence-electron chi connectivity index (χ3n) is 3.40. The van der Waals surface area contributed by atoms with Crippen molar-refractivity contribution in [2.45, 2.75) is 33.3 Å². The van der Waals surface area contributed by atoms with Gasteiger partial charge in [-0.3, -0.25) is 0 Å². The third kappa shape index (κ3) is 1.38. The van der Waals surface area contributed by atoms with Crippen LogP contribution in [0.5, 0.6) is 0 Å². The van der Waals surface area contributed by atoms with Crippen LogP contribution in [0.3, 0.4) is 0 Å². The van der Waals surface area contributed by atoms with E-state index in [9.17, 15) is 5.11 Å². The van der Waals surface area contributed by atoms with Crippen molar-refractivity contribution in [3.63, 3.8) is 0 Å². The van der Waals surface area contributed by atoms with E-state index >= 15 is 0 Å². The highest BCUT2D eigenvalue weighted by atomic mass is 16.3. The minimum absolute atomic E-state index is 0.351. The second kappa shape index (κ2) is 3.35. The third-order valence-corrected chi connectivity index (χ3v) is 3.40. The van der Waals surface area contributed by atoms with Crippen LogP contribution in [0.15, 0.2) is 0 Å². The van der Waals surface area contributed by atoms with Crippen molar-refractivity contribution in [3.05, 3.63) is 0 Å². The first-order chi connectivity index (χ1) is 5.49. The zero-order valence-corrected chi connectivity index (χ0v) is 8.59. The highest BCUT2D eigenvalue weighted by Crippen LogP contribution is 2.35. The number of piperidine rings is 1. The molecular formula is C10H21NO. The standard InChI is InChI=1S/C10H21NO/c1-7(2)10(12)8(3)5-11-6-9(10)4/h7-9,11-12H,5-6H2,1-4H3/t8-,9+,10-. The van der Waals surface area contributed by atoms with E-state index in [-0.39, 0.29) is 0 Å². The number of rotatable bonds is 1. The molecule has 0 aromatic rings. The topological polar surface area (TPSA) is 32.3 Å². The van der Waals surface area contributed by atoms with E-state index in [1.807, 2.05) is 0 Å². The maximum atomic E-state index is 10.4. The quantitative estimate of drug-likeness (QED) is 0.622. The van der Waals surface area contributed by atoms with Crippen LogP contribution in [0.1, 0.15) is 27.7 Å². The lowest BCUT2D eigenvalue weighted by molar-refractivity contribution is -0.109. The Labute approximate surface area is 75.4 Å². The highest BCUT2D eigenvalue weighted by Gasteiger charge is 2.43. The molecule has 12 heavy (non-hydrogen) atoms. The second-order valence-corrected chi connectivity index (χ2v) is 4.50. The summed E-state index contributed by atoms with van der Waals surface area (Å²) in [5.74, 6) is 1.08. The monoisotopic (exact) mass is 171 g/mol. The van der Waals surface area contributed by atoms with Crippen LogP contribution in [0.25, 0.3) is 0 Å². The van der Waals surface area contributed by atoms with Gasteiger partial charge >= 0.3 is 0 Å². The van der Waals surface area contributed by atoms with E-state index in [2.05, 4.69) is 33.0 Å². The van der Waals surface area contributed by atoms with Gasteiger partial charge in [0.25, 0.3) is 0 Å². The summed E-state index contributed by atoms with van der Waals surface area (Å²) in [6.45, 7) is 10.4. The first-order valence-corrected chi connectivity index (χ1v) is 4.92. The lowest BCUT2D eigenvalue weighted by Gasteiger charge is -2.46. The lowest BCUT2D eigenvalue weighted by atomic mass is 9.69. The van der Waals surface area contributed by atoms with Crippen LogP contribution < -0.4 is 5.32 Å². The molecular weight excluding hydrogens is 150 g/mol. The molecule has 1 saturated heterocycles. The summed E-state index contributed by atoms with van der Waals surface area (Å²) in [5.41, 5.74) is -0.467. The van der Waals surface area contributed by atoms with Crippen LogP contribution >= 0.6 is 0 Å². The Balaban J connectivity index is 2.80. The predicted octanol–water partition coefficient (Wildman–Crippen LogP) is 1.25. The summed E-state index contributed by atoms with van der Waals surface area (Å²) in [4.78, 5) is 0. The Bertz CT molecular complexity index is 146. The fourth-order valence-electron chi connectivity index (χ4n) is 2.47. The van der Waals surface area contributed by atoms with Crippen molar-refractivity contribution in [1.82, 2.24) is 5.32 Å². The van der Waals surface area contributed by atoms with Crippen molar-refractivity contribution < 1.29 is 5.11 Å². The van der Waals surface area contributed by atoms with Crippen LogP contribution in [-0.4, -0.2) is 23.8 Å². The van der Waals surface area contributed by atoms with Crippen molar-refractivity contribution in [3.8, 4) is 0 Å². The van der Waals surface area contributed by atoms with Gasteiger partial charge in [-0.1, -0.05) is 27.7 Å². The molecule has 0 amide bonds. The lowest BCUT2D eigenvalue weighted by Crippen LogP contribution is -2.57. The fraction of sp³-hybridized carbons (Fsp3) is 1.00. The van der Waals surface area contributed by atoms with Crippen molar-refractivity contribution in [2.75, 3.05) is 13.1 Å². The summed E-state index contributed by atoms with van der Waals surface area (Å²) in [7, 11) is 0. The van der Waals surface area contributed by atoms with E-state index in [1.54, 1.807) is 0 Å². The number of hydrogen-bond donors (Lipinski definition) is 2. The Morgan fingerprint density at radius 1 is 1.25 bits per heavy atom. The van der Waals surface area contributed by atoms with Crippen LogP contribution in [0, 0.1) is 17.8 Å². The molecule has 3 atom stereocenters. The molecule has 2 N–H and O–H groups in total. The van der Waals surface area contributed by atoms with Gasteiger partial charge in [-0.25, -0.2) is 0 Å². The Morgan fingerprint density at radius 2 is 1.67 bits per heavy atom. The molecule has 0 unspecified atom stereocenters. The van der Waals surface area contributed by atoms with E-state index in [4.69, 9.17) is 0 Å². The largest absolute Gasteiger partial charge is 0.389 e. The van der Waals surface area contributed by atoms with Crippen LogP contribution in [0.2, 0.25) is 0 Å². The number of hydrogen-bond acceptors (Lipinski definition) is 2. The molecule has 1 rings (SSSR count). The summed E-state index contributed by atoms with van der Waals surface area (Å²) in [6, 6.07) is 0. The zero-order chi connectivity index (χ0) is 9.35. The smallest absolute Gasteiger partial charge is 0.0745 e. The second-order valence-electron chi connectivity index (χ2n) is 4.50. The molecule has 2 heteroatoms. The summed E-state index contributed by atoms with van der Waals surface area (Å²) < 4.78 is 0. The van der Waals surface area contributed by atoms with Crippen molar-refractivity contribution in [1.29, 1.82) is 0 Å². The summed E-state index contributed by atoms with van der Waals surface area (Å²) in [6.07, 6.45) is 0. The minimum atomic E-state index is -0.467. The van der Waals surface area contributed by atoms with Gasteiger partial charge in [-0.15, -0.1) is 0 Å². The fourth-order valence-corrected chi connectivity index (χ4v) is 2.47. The van der Waals surface area contributed by atoms with Gasteiger partial charge in [0.05, 0.1) is 5.60 Å². The molecule has 1 aliphatic rings. The molecule has 1 aliphatic heterocycles. The van der Waals surface area contributed by atoms with Gasteiger partial charge in [0.15, 0.2) is 0 Å². The molecule has 72 valence electrons. The van der Waals surface area contributed by atoms with Gasteiger partial charge in [0.2, 0.25) is 0 Å². The molecule has 0 bridgehead atoms. The maximum Gasteiger partial charge on any atom is 0.0745 e. The van der Waals surface area contributed by atoms with Gasteiger partial charge < -0.3 is 10.4 Å². The molecule has 0 saturated carbocycles. The average Bonchev–Trinajstić information content (AvgIpc) is 1.99.